The summed E-state index contributed by atoms with van der Waals surface area (Å²) < 4.78 is 0. The number of amides is 1. The third kappa shape index (κ3) is 5.56. The maximum Gasteiger partial charge on any atom is 0.226 e. The van der Waals surface area contributed by atoms with E-state index in [4.69, 9.17) is 11.6 Å². The van der Waals surface area contributed by atoms with Crippen molar-refractivity contribution in [3.8, 4) is 10.6 Å². The molecule has 0 aliphatic carbocycles. The molecule has 2 aromatic carbocycles. The van der Waals surface area contributed by atoms with Gasteiger partial charge in [0.2, 0.25) is 11.0 Å². The van der Waals surface area contributed by atoms with Gasteiger partial charge in [0.15, 0.2) is 0 Å². The molecule has 0 saturated carbocycles. The Morgan fingerprint density at radius 2 is 1.85 bits per heavy atom. The first-order valence-corrected chi connectivity index (χ1v) is 10.4. The molecule has 1 aromatic heterocycles. The van der Waals surface area contributed by atoms with Crippen molar-refractivity contribution in [2.45, 2.75) is 24.7 Å². The molecule has 0 bridgehead atoms. The van der Waals surface area contributed by atoms with E-state index in [1.54, 1.807) is 11.8 Å². The molecule has 0 saturated heterocycles. The number of aryl methyl sites for hydroxylation is 1. The Balaban J connectivity index is 1.43. The van der Waals surface area contributed by atoms with Gasteiger partial charge in [-0.2, -0.15) is 0 Å². The molecule has 0 radical (unpaired) electrons. The van der Waals surface area contributed by atoms with Crippen molar-refractivity contribution < 1.29 is 4.79 Å². The maximum atomic E-state index is 12.1. The van der Waals surface area contributed by atoms with Crippen molar-refractivity contribution >= 4 is 45.7 Å². The van der Waals surface area contributed by atoms with Gasteiger partial charge in [-0.15, -0.1) is 22.0 Å². The Labute approximate surface area is 166 Å². The van der Waals surface area contributed by atoms with Gasteiger partial charge in [0.25, 0.3) is 0 Å². The average Bonchev–Trinajstić information content (AvgIpc) is 3.09. The lowest BCUT2D eigenvalue weighted by molar-refractivity contribution is -0.116. The van der Waals surface area contributed by atoms with E-state index in [2.05, 4.69) is 15.5 Å². The number of nitrogens with one attached hydrogen (secondary N) is 1. The SMILES string of the molecule is Cc1ccc(-c2nnc(NC(=O)CCCSc3ccc(Cl)cc3)s2)cc1. The van der Waals surface area contributed by atoms with Gasteiger partial charge in [-0.3, -0.25) is 4.79 Å². The lowest BCUT2D eigenvalue weighted by Gasteiger charge is -2.02. The number of halogens is 1. The molecule has 0 spiro atoms. The second kappa shape index (κ2) is 9.16. The van der Waals surface area contributed by atoms with Crippen molar-refractivity contribution in [3.63, 3.8) is 0 Å². The van der Waals surface area contributed by atoms with Crippen molar-refractivity contribution in [1.29, 1.82) is 0 Å². The Hall–Kier alpha value is -1.89. The van der Waals surface area contributed by atoms with Crippen molar-refractivity contribution in [2.75, 3.05) is 11.1 Å². The fourth-order valence-corrected chi connectivity index (χ4v) is 3.97. The average molecular weight is 404 g/mol. The molecule has 4 nitrogen and oxygen atoms in total. The van der Waals surface area contributed by atoms with Crippen LogP contribution in [0.2, 0.25) is 5.02 Å². The predicted octanol–water partition coefficient (Wildman–Crippen LogP) is 5.68. The standard InChI is InChI=1S/C19H18ClN3OS2/c1-13-4-6-14(7-5-13)18-22-23-19(26-18)21-17(24)3-2-12-25-16-10-8-15(20)9-11-16/h4-11H,2-3,12H2,1H3,(H,21,23,24). The number of hydrogen-bond acceptors (Lipinski definition) is 5. The van der Waals surface area contributed by atoms with E-state index in [1.165, 1.54) is 16.9 Å². The van der Waals surface area contributed by atoms with Gasteiger partial charge in [0, 0.05) is 21.9 Å². The Morgan fingerprint density at radius 3 is 2.58 bits per heavy atom. The monoisotopic (exact) mass is 403 g/mol. The minimum Gasteiger partial charge on any atom is -0.301 e. The summed E-state index contributed by atoms with van der Waals surface area (Å²) in [6.45, 7) is 2.04. The molecular weight excluding hydrogens is 386 g/mol. The number of hydrogen-bond donors (Lipinski definition) is 1. The van der Waals surface area contributed by atoms with Crippen LogP contribution in [0.5, 0.6) is 0 Å². The van der Waals surface area contributed by atoms with Crippen LogP contribution in [0.1, 0.15) is 18.4 Å². The van der Waals surface area contributed by atoms with E-state index in [1.807, 2.05) is 55.5 Å². The fourth-order valence-electron chi connectivity index (χ4n) is 2.22. The van der Waals surface area contributed by atoms with Crippen LogP contribution in [0.3, 0.4) is 0 Å². The van der Waals surface area contributed by atoms with Gasteiger partial charge in [-0.05, 0) is 43.4 Å². The molecular formula is C19H18ClN3OS2. The molecule has 26 heavy (non-hydrogen) atoms. The van der Waals surface area contributed by atoms with Gasteiger partial charge in [0.1, 0.15) is 5.01 Å². The number of carbonyl (C=O) groups excluding carboxylic acids is 1. The highest BCUT2D eigenvalue weighted by Crippen LogP contribution is 2.27. The van der Waals surface area contributed by atoms with E-state index in [0.29, 0.717) is 11.6 Å². The first-order valence-electron chi connectivity index (χ1n) is 8.19. The van der Waals surface area contributed by atoms with E-state index >= 15 is 0 Å². The smallest absolute Gasteiger partial charge is 0.226 e. The highest BCUT2D eigenvalue weighted by atomic mass is 35.5. The number of nitrogens with zero attached hydrogens (tertiary/aromatic N) is 2. The molecule has 1 N–H and O–H groups in total. The number of rotatable bonds is 7. The highest BCUT2D eigenvalue weighted by Gasteiger charge is 2.09. The van der Waals surface area contributed by atoms with Crippen molar-refractivity contribution in [2.24, 2.45) is 0 Å². The van der Waals surface area contributed by atoms with E-state index < -0.39 is 0 Å². The van der Waals surface area contributed by atoms with Crippen molar-refractivity contribution in [3.05, 3.63) is 59.1 Å². The molecule has 7 heteroatoms. The molecule has 1 heterocycles. The lowest BCUT2D eigenvalue weighted by Crippen LogP contribution is -2.11. The summed E-state index contributed by atoms with van der Waals surface area (Å²) in [5.74, 6) is 0.841. The maximum absolute atomic E-state index is 12.1. The second-order valence-corrected chi connectivity index (χ2v) is 8.31. The fraction of sp³-hybridized carbons (Fsp3) is 0.211. The number of anilines is 1. The third-order valence-electron chi connectivity index (χ3n) is 3.60. The molecule has 0 atom stereocenters. The summed E-state index contributed by atoms with van der Waals surface area (Å²) in [6, 6.07) is 15.8. The third-order valence-corrected chi connectivity index (χ3v) is 5.84. The van der Waals surface area contributed by atoms with Gasteiger partial charge in [-0.25, -0.2) is 0 Å². The molecule has 134 valence electrons. The van der Waals surface area contributed by atoms with Crippen LogP contribution in [0, 0.1) is 6.92 Å². The molecule has 0 fully saturated rings. The highest BCUT2D eigenvalue weighted by molar-refractivity contribution is 7.99. The zero-order valence-corrected chi connectivity index (χ0v) is 16.6. The summed E-state index contributed by atoms with van der Waals surface area (Å²) in [7, 11) is 0. The molecule has 0 aliphatic rings. The van der Waals surface area contributed by atoms with Crippen LogP contribution >= 0.6 is 34.7 Å². The van der Waals surface area contributed by atoms with Crippen LogP contribution in [0.25, 0.3) is 10.6 Å². The largest absolute Gasteiger partial charge is 0.301 e. The Morgan fingerprint density at radius 1 is 1.12 bits per heavy atom. The zero-order chi connectivity index (χ0) is 18.4. The van der Waals surface area contributed by atoms with Crippen LogP contribution in [0.15, 0.2) is 53.4 Å². The number of benzene rings is 2. The first kappa shape index (κ1) is 18.9. The van der Waals surface area contributed by atoms with Gasteiger partial charge in [-0.1, -0.05) is 52.8 Å². The Kier molecular flexibility index (Phi) is 6.66. The van der Waals surface area contributed by atoms with Crippen LogP contribution in [-0.4, -0.2) is 21.9 Å². The normalized spacial score (nSPS) is 10.7. The van der Waals surface area contributed by atoms with Crippen LogP contribution < -0.4 is 5.32 Å². The first-order chi connectivity index (χ1) is 12.6. The minimum absolute atomic E-state index is 0.0340. The van der Waals surface area contributed by atoms with E-state index in [9.17, 15) is 4.79 Å². The van der Waals surface area contributed by atoms with Crippen LogP contribution in [-0.2, 0) is 4.79 Å². The Bertz CT molecular complexity index is 863. The van der Waals surface area contributed by atoms with E-state index in [-0.39, 0.29) is 5.91 Å². The second-order valence-electron chi connectivity index (χ2n) is 5.73. The van der Waals surface area contributed by atoms with Crippen molar-refractivity contribution in [1.82, 2.24) is 10.2 Å². The quantitative estimate of drug-likeness (QED) is 0.407. The topological polar surface area (TPSA) is 54.9 Å². The van der Waals surface area contributed by atoms with Gasteiger partial charge >= 0.3 is 0 Å². The molecule has 3 rings (SSSR count). The molecule has 3 aromatic rings. The summed E-state index contributed by atoms with van der Waals surface area (Å²) >= 11 is 8.97. The number of thioether (sulfide) groups is 1. The predicted molar refractivity (Wildman–Crippen MR) is 110 cm³/mol. The molecule has 1 amide bonds. The number of aromatic nitrogens is 2. The molecule has 0 unspecified atom stereocenters. The minimum atomic E-state index is -0.0340. The van der Waals surface area contributed by atoms with E-state index in [0.717, 1.165) is 32.7 Å². The van der Waals surface area contributed by atoms with Gasteiger partial charge < -0.3 is 5.32 Å². The van der Waals surface area contributed by atoms with Gasteiger partial charge in [0.05, 0.1) is 0 Å². The summed E-state index contributed by atoms with van der Waals surface area (Å²) in [5.41, 5.74) is 2.20. The van der Waals surface area contributed by atoms with Crippen LogP contribution in [0.4, 0.5) is 5.13 Å². The lowest BCUT2D eigenvalue weighted by atomic mass is 10.2. The summed E-state index contributed by atoms with van der Waals surface area (Å²) in [4.78, 5) is 13.2. The molecule has 0 aliphatic heterocycles. The summed E-state index contributed by atoms with van der Waals surface area (Å²) in [6.07, 6.45) is 1.25. The number of carbonyl (C=O) groups is 1. The zero-order valence-electron chi connectivity index (χ0n) is 14.2. The summed E-state index contributed by atoms with van der Waals surface area (Å²) in [5, 5.41) is 13.1.